The topological polar surface area (TPSA) is 20.2 Å². The molecule has 1 nitrogen and oxygen atoms in total. The molecule has 0 bridgehead atoms. The minimum Gasteiger partial charge on any atom is -0.388 e. The Hall–Kier alpha value is -0.830. The molecular weight excluding hydrogens is 324 g/mol. The van der Waals surface area contributed by atoms with E-state index in [-0.39, 0.29) is 0 Å². The number of halogens is 2. The van der Waals surface area contributed by atoms with E-state index in [1.54, 1.807) is 12.1 Å². The predicted octanol–water partition coefficient (Wildman–Crippen LogP) is 4.94. The van der Waals surface area contributed by atoms with Crippen LogP contribution in [0.4, 0.5) is 0 Å². The van der Waals surface area contributed by atoms with Gasteiger partial charge in [-0.05, 0) is 35.2 Å². The first-order valence-corrected chi connectivity index (χ1v) is 7.48. The van der Waals surface area contributed by atoms with Gasteiger partial charge in [-0.25, -0.2) is 0 Å². The van der Waals surface area contributed by atoms with E-state index >= 15 is 0 Å². The molecule has 0 saturated heterocycles. The number of hydrogen-bond donors (Lipinski definition) is 1. The van der Waals surface area contributed by atoms with Gasteiger partial charge < -0.3 is 5.11 Å². The van der Waals surface area contributed by atoms with Gasteiger partial charge >= 0.3 is 0 Å². The molecule has 2 aromatic carbocycles. The average Bonchev–Trinajstić information content (AvgIpc) is 2.39. The summed E-state index contributed by atoms with van der Waals surface area (Å²) in [5.74, 6) is 0. The maximum absolute atomic E-state index is 10.3. The Balaban J connectivity index is 2.13. The molecule has 0 radical (unpaired) electrons. The molecule has 1 atom stereocenters. The van der Waals surface area contributed by atoms with Crippen LogP contribution in [-0.4, -0.2) is 5.11 Å². The van der Waals surface area contributed by atoms with E-state index in [1.807, 2.05) is 6.07 Å². The summed E-state index contributed by atoms with van der Waals surface area (Å²) in [6.45, 7) is 2.13. The fraction of sp³-hybridized carbons (Fsp3) is 0.250. The minimum atomic E-state index is -0.529. The van der Waals surface area contributed by atoms with E-state index in [0.29, 0.717) is 11.4 Å². The van der Waals surface area contributed by atoms with Crippen molar-refractivity contribution in [1.29, 1.82) is 0 Å². The number of aryl methyl sites for hydroxylation is 1. The largest absolute Gasteiger partial charge is 0.388 e. The second-order valence-corrected chi connectivity index (χ2v) is 5.85. The Bertz CT molecular complexity index is 551. The van der Waals surface area contributed by atoms with Crippen LogP contribution in [0.3, 0.4) is 0 Å². The van der Waals surface area contributed by atoms with Gasteiger partial charge in [0.2, 0.25) is 0 Å². The zero-order valence-electron chi connectivity index (χ0n) is 10.7. The predicted molar refractivity (Wildman–Crippen MR) is 83.6 cm³/mol. The van der Waals surface area contributed by atoms with Crippen molar-refractivity contribution in [3.05, 3.63) is 68.7 Å². The van der Waals surface area contributed by atoms with Gasteiger partial charge in [0.25, 0.3) is 0 Å². The van der Waals surface area contributed by atoms with Crippen LogP contribution < -0.4 is 0 Å². The van der Waals surface area contributed by atoms with Crippen LogP contribution in [0.1, 0.15) is 29.7 Å². The van der Waals surface area contributed by atoms with E-state index < -0.39 is 6.10 Å². The lowest BCUT2D eigenvalue weighted by atomic mass is 10.0. The highest BCUT2D eigenvalue weighted by Crippen LogP contribution is 2.28. The first-order valence-electron chi connectivity index (χ1n) is 6.31. The Morgan fingerprint density at radius 1 is 1.11 bits per heavy atom. The molecule has 2 aromatic rings. The number of benzene rings is 2. The van der Waals surface area contributed by atoms with Crippen LogP contribution in [0, 0.1) is 0 Å². The van der Waals surface area contributed by atoms with Crippen molar-refractivity contribution in [3.63, 3.8) is 0 Å². The van der Waals surface area contributed by atoms with E-state index in [9.17, 15) is 5.11 Å². The van der Waals surface area contributed by atoms with Crippen LogP contribution in [0.5, 0.6) is 0 Å². The van der Waals surface area contributed by atoms with Gasteiger partial charge in [-0.3, -0.25) is 0 Å². The lowest BCUT2D eigenvalue weighted by Gasteiger charge is -2.13. The van der Waals surface area contributed by atoms with Crippen LogP contribution in [0.15, 0.2) is 46.9 Å². The Morgan fingerprint density at radius 3 is 2.32 bits per heavy atom. The minimum absolute atomic E-state index is 0.529. The van der Waals surface area contributed by atoms with Gasteiger partial charge in [0, 0.05) is 15.9 Å². The highest BCUT2D eigenvalue weighted by molar-refractivity contribution is 9.10. The molecule has 0 saturated carbocycles. The molecule has 1 N–H and O–H groups in total. The van der Waals surface area contributed by atoms with E-state index in [0.717, 1.165) is 22.0 Å². The molecule has 0 heterocycles. The number of aliphatic hydroxyl groups is 1. The molecule has 0 aromatic heterocycles. The smallest absolute Gasteiger partial charge is 0.0841 e. The van der Waals surface area contributed by atoms with Crippen molar-refractivity contribution in [2.24, 2.45) is 0 Å². The molecule has 0 aliphatic rings. The van der Waals surface area contributed by atoms with Gasteiger partial charge in [-0.15, -0.1) is 0 Å². The van der Waals surface area contributed by atoms with Gasteiger partial charge in [-0.2, -0.15) is 0 Å². The van der Waals surface area contributed by atoms with Gasteiger partial charge in [-0.1, -0.05) is 64.8 Å². The van der Waals surface area contributed by atoms with E-state index in [4.69, 9.17) is 11.6 Å². The molecule has 0 fully saturated rings. The quantitative estimate of drug-likeness (QED) is 0.836. The monoisotopic (exact) mass is 338 g/mol. The lowest BCUT2D eigenvalue weighted by Crippen LogP contribution is -2.02. The fourth-order valence-corrected chi connectivity index (χ4v) is 2.96. The van der Waals surface area contributed by atoms with Crippen LogP contribution in [0.25, 0.3) is 0 Å². The molecule has 0 aliphatic carbocycles. The van der Waals surface area contributed by atoms with E-state index in [1.165, 1.54) is 5.56 Å². The second kappa shape index (κ2) is 6.56. The zero-order chi connectivity index (χ0) is 13.8. The van der Waals surface area contributed by atoms with Gasteiger partial charge in [0.1, 0.15) is 0 Å². The molecule has 100 valence electrons. The maximum atomic E-state index is 10.3. The second-order valence-electron chi connectivity index (χ2n) is 4.56. The van der Waals surface area contributed by atoms with Crippen LogP contribution in [-0.2, 0) is 12.8 Å². The first-order chi connectivity index (χ1) is 9.10. The van der Waals surface area contributed by atoms with Gasteiger partial charge in [0.15, 0.2) is 0 Å². The summed E-state index contributed by atoms with van der Waals surface area (Å²) in [6.07, 6.45) is 1.11. The highest BCUT2D eigenvalue weighted by atomic mass is 79.9. The van der Waals surface area contributed by atoms with Crippen molar-refractivity contribution in [3.8, 4) is 0 Å². The molecule has 0 aliphatic heterocycles. The molecule has 3 heteroatoms. The zero-order valence-corrected chi connectivity index (χ0v) is 13.1. The summed E-state index contributed by atoms with van der Waals surface area (Å²) in [5.41, 5.74) is 3.31. The third-order valence-electron chi connectivity index (χ3n) is 3.18. The van der Waals surface area contributed by atoms with E-state index in [2.05, 4.69) is 47.1 Å². The van der Waals surface area contributed by atoms with Gasteiger partial charge in [0.05, 0.1) is 6.10 Å². The molecule has 1 unspecified atom stereocenters. The number of aliphatic hydroxyl groups excluding tert-OH is 1. The highest BCUT2D eigenvalue weighted by Gasteiger charge is 2.12. The Morgan fingerprint density at radius 2 is 1.74 bits per heavy atom. The van der Waals surface area contributed by atoms with Crippen molar-refractivity contribution in [2.75, 3.05) is 0 Å². The summed E-state index contributed by atoms with van der Waals surface area (Å²) in [6, 6.07) is 13.8. The molecular formula is C16H16BrClO. The SMILES string of the molecule is CCc1ccc(CC(O)c2ccc(Cl)cc2Br)cc1. The van der Waals surface area contributed by atoms with Crippen molar-refractivity contribution < 1.29 is 5.11 Å². The first kappa shape index (κ1) is 14.6. The summed E-state index contributed by atoms with van der Waals surface area (Å²) >= 11 is 9.34. The average molecular weight is 340 g/mol. The maximum Gasteiger partial charge on any atom is 0.0841 e. The Labute approximate surface area is 127 Å². The molecule has 0 spiro atoms. The number of rotatable bonds is 4. The Kier molecular flexibility index (Phi) is 5.03. The normalized spacial score (nSPS) is 12.4. The third-order valence-corrected chi connectivity index (χ3v) is 4.10. The van der Waals surface area contributed by atoms with Crippen molar-refractivity contribution in [2.45, 2.75) is 25.9 Å². The number of hydrogen-bond acceptors (Lipinski definition) is 1. The molecule has 19 heavy (non-hydrogen) atoms. The standard InChI is InChI=1S/C16H16BrClO/c1-2-11-3-5-12(6-4-11)9-16(19)14-8-7-13(18)10-15(14)17/h3-8,10,16,19H,2,9H2,1H3. The summed E-state index contributed by atoms with van der Waals surface area (Å²) in [5, 5.41) is 11.0. The third kappa shape index (κ3) is 3.82. The summed E-state index contributed by atoms with van der Waals surface area (Å²) < 4.78 is 0.845. The van der Waals surface area contributed by atoms with Crippen molar-refractivity contribution >= 4 is 27.5 Å². The summed E-state index contributed by atoms with van der Waals surface area (Å²) in [7, 11) is 0. The van der Waals surface area contributed by atoms with Crippen LogP contribution in [0.2, 0.25) is 5.02 Å². The molecule has 0 amide bonds. The fourth-order valence-electron chi connectivity index (χ4n) is 2.02. The lowest BCUT2D eigenvalue weighted by molar-refractivity contribution is 0.177. The molecule has 2 rings (SSSR count). The van der Waals surface area contributed by atoms with Crippen LogP contribution >= 0.6 is 27.5 Å². The van der Waals surface area contributed by atoms with Crippen molar-refractivity contribution in [1.82, 2.24) is 0 Å². The summed E-state index contributed by atoms with van der Waals surface area (Å²) in [4.78, 5) is 0.